The van der Waals surface area contributed by atoms with Gasteiger partial charge < -0.3 is 14.4 Å². The Morgan fingerprint density at radius 2 is 1.55 bits per heavy atom. The van der Waals surface area contributed by atoms with E-state index < -0.39 is 0 Å². The van der Waals surface area contributed by atoms with Crippen molar-refractivity contribution in [3.8, 4) is 0 Å². The first-order chi connectivity index (χ1) is 15.0. The maximum atomic E-state index is 12.4. The number of amides is 1. The molecule has 0 aliphatic carbocycles. The van der Waals surface area contributed by atoms with Crippen molar-refractivity contribution in [1.29, 1.82) is 0 Å². The Hall–Kier alpha value is -2.27. The molecule has 168 valence electrons. The minimum absolute atomic E-state index is 0.318. The van der Waals surface area contributed by atoms with E-state index in [2.05, 4.69) is 76.6 Å². The van der Waals surface area contributed by atoms with Crippen LogP contribution in [0.5, 0.6) is 0 Å². The number of carbonyl (C=O) groups is 1. The summed E-state index contributed by atoms with van der Waals surface area (Å²) in [5, 5.41) is 0. The van der Waals surface area contributed by atoms with Crippen molar-refractivity contribution in [1.82, 2.24) is 14.4 Å². The Balaban J connectivity index is 1.35. The summed E-state index contributed by atoms with van der Waals surface area (Å²) in [4.78, 5) is 19.5. The van der Waals surface area contributed by atoms with E-state index in [9.17, 15) is 4.79 Å². The molecule has 0 radical (unpaired) electrons. The largest absolute Gasteiger partial charge is 0.369 e. The molecule has 5 heteroatoms. The van der Waals surface area contributed by atoms with Crippen molar-refractivity contribution in [3.63, 3.8) is 0 Å². The first-order valence-electron chi connectivity index (χ1n) is 12.0. The second-order valence-corrected chi connectivity index (χ2v) is 9.48. The Bertz CT molecular complexity index is 879. The normalized spacial score (nSPS) is 18.6. The molecule has 2 aliphatic heterocycles. The smallest absolute Gasteiger partial charge is 0.222 e. The van der Waals surface area contributed by atoms with Gasteiger partial charge in [0, 0.05) is 69.8 Å². The minimum atomic E-state index is 0.318. The zero-order chi connectivity index (χ0) is 21.8. The van der Waals surface area contributed by atoms with E-state index >= 15 is 0 Å². The van der Waals surface area contributed by atoms with Crippen LogP contribution in [0.2, 0.25) is 0 Å². The molecule has 0 atom stereocenters. The number of likely N-dealkylation sites (tertiary alicyclic amines) is 1. The van der Waals surface area contributed by atoms with Crippen LogP contribution in [0.3, 0.4) is 0 Å². The minimum Gasteiger partial charge on any atom is -0.369 e. The first kappa shape index (κ1) is 21.9. The van der Waals surface area contributed by atoms with Crippen LogP contribution in [0.15, 0.2) is 36.4 Å². The summed E-state index contributed by atoms with van der Waals surface area (Å²) in [6, 6.07) is 13.3. The van der Waals surface area contributed by atoms with Gasteiger partial charge in [0.05, 0.1) is 6.54 Å². The van der Waals surface area contributed by atoms with Crippen molar-refractivity contribution in [2.75, 3.05) is 37.6 Å². The van der Waals surface area contributed by atoms with Crippen molar-refractivity contribution >= 4 is 11.6 Å². The van der Waals surface area contributed by atoms with E-state index in [4.69, 9.17) is 0 Å². The van der Waals surface area contributed by atoms with Crippen LogP contribution in [0, 0.1) is 0 Å². The number of rotatable bonds is 6. The maximum Gasteiger partial charge on any atom is 0.222 e. The van der Waals surface area contributed by atoms with Crippen LogP contribution in [-0.4, -0.2) is 53.0 Å². The van der Waals surface area contributed by atoms with E-state index in [1.54, 1.807) is 0 Å². The molecule has 0 saturated carbocycles. The van der Waals surface area contributed by atoms with E-state index in [0.717, 1.165) is 58.7 Å². The number of anilines is 1. The van der Waals surface area contributed by atoms with Gasteiger partial charge in [-0.15, -0.1) is 0 Å². The third kappa shape index (κ3) is 5.15. The van der Waals surface area contributed by atoms with E-state index in [1.807, 2.05) is 0 Å². The molecule has 0 N–H and O–H groups in total. The van der Waals surface area contributed by atoms with Gasteiger partial charge in [0.2, 0.25) is 5.91 Å². The number of para-hydroxylation sites is 1. The molecule has 2 saturated heterocycles. The molecule has 5 nitrogen and oxygen atoms in total. The van der Waals surface area contributed by atoms with Gasteiger partial charge in [-0.2, -0.15) is 0 Å². The van der Waals surface area contributed by atoms with Crippen LogP contribution >= 0.6 is 0 Å². The lowest BCUT2D eigenvalue weighted by Gasteiger charge is -2.37. The maximum absolute atomic E-state index is 12.4. The molecule has 3 heterocycles. The monoisotopic (exact) mass is 422 g/mol. The quantitative estimate of drug-likeness (QED) is 0.693. The SMILES string of the molecule is CC(C)c1ccccc1N1CCN(Cc2ccc(CN3CCCCCC3=O)n2C)CC1. The topological polar surface area (TPSA) is 31.7 Å². The van der Waals surface area contributed by atoms with Gasteiger partial charge in [0.1, 0.15) is 0 Å². The predicted octanol–water partition coefficient (Wildman–Crippen LogP) is 4.37. The molecular formula is C26H38N4O. The number of benzene rings is 1. The molecule has 31 heavy (non-hydrogen) atoms. The zero-order valence-electron chi connectivity index (χ0n) is 19.5. The number of carbonyl (C=O) groups excluding carboxylic acids is 1. The molecule has 1 aromatic heterocycles. The fourth-order valence-corrected chi connectivity index (χ4v) is 4.96. The molecule has 0 spiro atoms. The Kier molecular flexibility index (Phi) is 7.01. The van der Waals surface area contributed by atoms with Crippen LogP contribution < -0.4 is 4.90 Å². The molecule has 2 aliphatic rings. The highest BCUT2D eigenvalue weighted by atomic mass is 16.2. The summed E-state index contributed by atoms with van der Waals surface area (Å²) >= 11 is 0. The summed E-state index contributed by atoms with van der Waals surface area (Å²) < 4.78 is 2.30. The number of nitrogens with zero attached hydrogens (tertiary/aromatic N) is 4. The Morgan fingerprint density at radius 1 is 0.839 bits per heavy atom. The highest BCUT2D eigenvalue weighted by Gasteiger charge is 2.22. The molecule has 0 unspecified atom stereocenters. The summed E-state index contributed by atoms with van der Waals surface area (Å²) in [7, 11) is 2.15. The average molecular weight is 423 g/mol. The third-order valence-corrected chi connectivity index (χ3v) is 7.01. The van der Waals surface area contributed by atoms with Crippen molar-refractivity contribution in [3.05, 3.63) is 53.3 Å². The first-order valence-corrected chi connectivity index (χ1v) is 12.0. The van der Waals surface area contributed by atoms with Crippen LogP contribution in [0.25, 0.3) is 0 Å². The zero-order valence-corrected chi connectivity index (χ0v) is 19.5. The van der Waals surface area contributed by atoms with Crippen molar-refractivity contribution < 1.29 is 4.79 Å². The number of piperazine rings is 1. The van der Waals surface area contributed by atoms with Gasteiger partial charge in [-0.25, -0.2) is 0 Å². The predicted molar refractivity (Wildman–Crippen MR) is 127 cm³/mol. The van der Waals surface area contributed by atoms with Crippen LogP contribution in [0.4, 0.5) is 5.69 Å². The average Bonchev–Trinajstić information content (AvgIpc) is 2.98. The molecular weight excluding hydrogens is 384 g/mol. The van der Waals surface area contributed by atoms with Crippen LogP contribution in [0.1, 0.15) is 62.4 Å². The summed E-state index contributed by atoms with van der Waals surface area (Å²) in [5.74, 6) is 0.866. The number of aromatic nitrogens is 1. The van der Waals surface area contributed by atoms with Gasteiger partial charge in [-0.3, -0.25) is 9.69 Å². The highest BCUT2D eigenvalue weighted by Crippen LogP contribution is 2.28. The lowest BCUT2D eigenvalue weighted by atomic mass is 10.00. The van der Waals surface area contributed by atoms with Gasteiger partial charge in [0.25, 0.3) is 0 Å². The Labute approximate surface area is 187 Å². The van der Waals surface area contributed by atoms with Crippen molar-refractivity contribution in [2.24, 2.45) is 7.05 Å². The lowest BCUT2D eigenvalue weighted by Crippen LogP contribution is -2.46. The van der Waals surface area contributed by atoms with Crippen LogP contribution in [-0.2, 0) is 24.9 Å². The molecule has 4 rings (SSSR count). The molecule has 2 fully saturated rings. The fraction of sp³-hybridized carbons (Fsp3) is 0.577. The molecule has 1 amide bonds. The Morgan fingerprint density at radius 3 is 2.29 bits per heavy atom. The molecule has 1 aromatic carbocycles. The summed E-state index contributed by atoms with van der Waals surface area (Å²) in [6.45, 7) is 11.5. The van der Waals surface area contributed by atoms with Gasteiger partial charge in [-0.05, 0) is 42.5 Å². The highest BCUT2D eigenvalue weighted by molar-refractivity contribution is 5.76. The van der Waals surface area contributed by atoms with Gasteiger partial charge in [-0.1, -0.05) is 38.5 Å². The number of hydrogen-bond acceptors (Lipinski definition) is 3. The van der Waals surface area contributed by atoms with Gasteiger partial charge in [0.15, 0.2) is 0 Å². The van der Waals surface area contributed by atoms with Crippen molar-refractivity contribution in [2.45, 2.75) is 58.5 Å². The summed E-state index contributed by atoms with van der Waals surface area (Å²) in [5.41, 5.74) is 5.44. The molecule has 0 bridgehead atoms. The second-order valence-electron chi connectivity index (χ2n) is 9.48. The van der Waals surface area contributed by atoms with Gasteiger partial charge >= 0.3 is 0 Å². The van der Waals surface area contributed by atoms with E-state index in [-0.39, 0.29) is 0 Å². The molecule has 2 aromatic rings. The number of hydrogen-bond donors (Lipinski definition) is 0. The summed E-state index contributed by atoms with van der Waals surface area (Å²) in [6.07, 6.45) is 4.06. The fourth-order valence-electron chi connectivity index (χ4n) is 4.96. The standard InChI is InChI=1S/C26H38N4O/c1-21(2)24-9-6-7-10-25(24)29-17-15-28(16-18-29)19-22-12-13-23(27(22)3)20-30-14-8-4-5-11-26(30)31/h6-7,9-10,12-13,21H,4-5,8,11,14-20H2,1-3H3. The lowest BCUT2D eigenvalue weighted by molar-refractivity contribution is -0.131. The van der Waals surface area contributed by atoms with E-state index in [1.165, 1.54) is 29.1 Å². The third-order valence-electron chi connectivity index (χ3n) is 7.01. The second kappa shape index (κ2) is 9.90. The van der Waals surface area contributed by atoms with E-state index in [0.29, 0.717) is 18.2 Å².